The van der Waals surface area contributed by atoms with E-state index in [1.807, 2.05) is 13.8 Å². The maximum absolute atomic E-state index is 12.8. The number of aromatic nitrogens is 1. The summed E-state index contributed by atoms with van der Waals surface area (Å²) in [5.74, 6) is -0.339. The molecule has 0 fully saturated rings. The zero-order valence-electron chi connectivity index (χ0n) is 14.1. The molecule has 1 aromatic heterocycles. The largest absolute Gasteiger partial charge is 0.416 e. The minimum atomic E-state index is -4.41. The summed E-state index contributed by atoms with van der Waals surface area (Å²) < 4.78 is 38.3. The van der Waals surface area contributed by atoms with E-state index in [-0.39, 0.29) is 42.5 Å². The fourth-order valence-electron chi connectivity index (χ4n) is 2.10. The number of nitrogens with zero attached hydrogens (tertiary/aromatic N) is 1. The number of hydrogen-bond donors (Lipinski definition) is 2. The maximum Gasteiger partial charge on any atom is 0.416 e. The second kappa shape index (κ2) is 10.7. The molecule has 0 radical (unpaired) electrons. The zero-order chi connectivity index (χ0) is 17.7. The number of alkyl halides is 3. The zero-order valence-corrected chi connectivity index (χ0v) is 16.5. The van der Waals surface area contributed by atoms with Crippen LogP contribution in [0.5, 0.6) is 0 Å². The summed E-state index contributed by atoms with van der Waals surface area (Å²) >= 11 is 1.14. The van der Waals surface area contributed by atoms with E-state index in [9.17, 15) is 18.0 Å². The lowest BCUT2D eigenvalue weighted by molar-refractivity contribution is -0.137. The number of rotatable bonds is 6. The normalized spacial score (nSPS) is 11.9. The first-order valence-corrected chi connectivity index (χ1v) is 8.34. The van der Waals surface area contributed by atoms with Crippen LogP contribution >= 0.6 is 36.2 Å². The van der Waals surface area contributed by atoms with E-state index in [2.05, 4.69) is 15.6 Å². The quantitative estimate of drug-likeness (QED) is 0.715. The Morgan fingerprint density at radius 3 is 2.62 bits per heavy atom. The predicted octanol–water partition coefficient (Wildman–Crippen LogP) is 4.40. The standard InChI is InChI=1S/C16H18F3N3OS.2ClH/c1-3-20-10(2)8-21-14(23)13-9-24-15(22-13)11-5-4-6-12(7-11)16(17,18)19;;/h4-7,9-10,20H,3,8H2,1-2H3,(H,21,23);2*1H/t10-;;/m1../s1. The van der Waals surface area contributed by atoms with Gasteiger partial charge in [-0.25, -0.2) is 4.98 Å². The van der Waals surface area contributed by atoms with Gasteiger partial charge in [-0.1, -0.05) is 19.1 Å². The highest BCUT2D eigenvalue weighted by Gasteiger charge is 2.30. The van der Waals surface area contributed by atoms with E-state index < -0.39 is 11.7 Å². The van der Waals surface area contributed by atoms with Gasteiger partial charge in [-0.05, 0) is 25.6 Å². The molecule has 0 aliphatic heterocycles. The van der Waals surface area contributed by atoms with Crippen LogP contribution in [-0.4, -0.2) is 30.0 Å². The summed E-state index contributed by atoms with van der Waals surface area (Å²) in [6.45, 7) is 5.16. The van der Waals surface area contributed by atoms with E-state index >= 15 is 0 Å². The van der Waals surface area contributed by atoms with Crippen molar-refractivity contribution >= 4 is 42.1 Å². The first-order valence-electron chi connectivity index (χ1n) is 7.46. The third kappa shape index (κ3) is 6.75. The number of carbonyl (C=O) groups excluding carboxylic acids is 1. The Kier molecular flexibility index (Phi) is 10.2. The van der Waals surface area contributed by atoms with Crippen LogP contribution in [0.15, 0.2) is 29.6 Å². The fraction of sp³-hybridized carbons (Fsp3) is 0.375. The van der Waals surface area contributed by atoms with Crippen LogP contribution in [0, 0.1) is 0 Å². The Morgan fingerprint density at radius 1 is 1.31 bits per heavy atom. The third-order valence-electron chi connectivity index (χ3n) is 3.30. The highest BCUT2D eigenvalue weighted by molar-refractivity contribution is 7.13. The molecule has 1 atom stereocenters. The number of thiazole rings is 1. The number of carbonyl (C=O) groups is 1. The molecule has 0 bridgehead atoms. The van der Waals surface area contributed by atoms with Crippen LogP contribution in [0.25, 0.3) is 10.6 Å². The summed E-state index contributed by atoms with van der Waals surface area (Å²) in [6.07, 6.45) is -4.41. The van der Waals surface area contributed by atoms with Crippen molar-refractivity contribution in [1.82, 2.24) is 15.6 Å². The molecule has 2 N–H and O–H groups in total. The molecule has 1 heterocycles. The smallest absolute Gasteiger partial charge is 0.349 e. The Bertz CT molecular complexity index is 710. The van der Waals surface area contributed by atoms with Gasteiger partial charge in [0.05, 0.1) is 5.56 Å². The maximum atomic E-state index is 12.8. The number of nitrogens with one attached hydrogen (secondary N) is 2. The van der Waals surface area contributed by atoms with Crippen molar-refractivity contribution in [3.63, 3.8) is 0 Å². The van der Waals surface area contributed by atoms with Gasteiger partial charge in [0, 0.05) is 23.5 Å². The Hall–Kier alpha value is -1.35. The average molecular weight is 430 g/mol. The molecule has 146 valence electrons. The summed E-state index contributed by atoms with van der Waals surface area (Å²) in [5.41, 5.74) is -0.188. The van der Waals surface area contributed by atoms with Crippen LogP contribution in [0.1, 0.15) is 29.9 Å². The molecule has 26 heavy (non-hydrogen) atoms. The van der Waals surface area contributed by atoms with E-state index in [0.717, 1.165) is 30.0 Å². The summed E-state index contributed by atoms with van der Waals surface area (Å²) in [4.78, 5) is 16.2. The lowest BCUT2D eigenvalue weighted by atomic mass is 10.1. The number of likely N-dealkylation sites (N-methyl/N-ethyl adjacent to an activating group) is 1. The summed E-state index contributed by atoms with van der Waals surface area (Å²) in [7, 11) is 0. The van der Waals surface area contributed by atoms with E-state index in [1.54, 1.807) is 11.4 Å². The molecule has 0 aliphatic rings. The van der Waals surface area contributed by atoms with Crippen molar-refractivity contribution in [1.29, 1.82) is 0 Å². The molecule has 10 heteroatoms. The van der Waals surface area contributed by atoms with Crippen LogP contribution in [0.2, 0.25) is 0 Å². The SMILES string of the molecule is CCN[C@H](C)CNC(=O)c1csc(-c2cccc(C(F)(F)F)c2)n1.Cl.Cl. The van der Waals surface area contributed by atoms with Gasteiger partial charge in [0.25, 0.3) is 5.91 Å². The predicted molar refractivity (Wildman–Crippen MR) is 103 cm³/mol. The van der Waals surface area contributed by atoms with E-state index in [0.29, 0.717) is 17.1 Å². The van der Waals surface area contributed by atoms with E-state index in [1.165, 1.54) is 6.07 Å². The van der Waals surface area contributed by atoms with Gasteiger partial charge in [-0.3, -0.25) is 4.79 Å². The molecule has 1 amide bonds. The summed E-state index contributed by atoms with van der Waals surface area (Å²) in [5, 5.41) is 7.84. The minimum Gasteiger partial charge on any atom is -0.349 e. The third-order valence-corrected chi connectivity index (χ3v) is 4.19. The molecular weight excluding hydrogens is 410 g/mol. The highest BCUT2D eigenvalue weighted by Crippen LogP contribution is 2.33. The number of benzene rings is 1. The van der Waals surface area contributed by atoms with Crippen molar-refractivity contribution in [3.8, 4) is 10.6 Å². The van der Waals surface area contributed by atoms with Crippen molar-refractivity contribution < 1.29 is 18.0 Å². The molecule has 2 rings (SSSR count). The van der Waals surface area contributed by atoms with E-state index in [4.69, 9.17) is 0 Å². The molecular formula is C16H20Cl2F3N3OS. The van der Waals surface area contributed by atoms with Gasteiger partial charge >= 0.3 is 6.18 Å². The molecule has 1 aromatic carbocycles. The number of amides is 1. The van der Waals surface area contributed by atoms with Gasteiger partial charge in [-0.15, -0.1) is 36.2 Å². The molecule has 0 unspecified atom stereocenters. The van der Waals surface area contributed by atoms with Crippen molar-refractivity contribution in [2.24, 2.45) is 0 Å². The molecule has 0 saturated carbocycles. The van der Waals surface area contributed by atoms with Crippen molar-refractivity contribution in [2.45, 2.75) is 26.1 Å². The Labute approximate surface area is 166 Å². The van der Waals surface area contributed by atoms with Crippen LogP contribution in [0.3, 0.4) is 0 Å². The topological polar surface area (TPSA) is 54.0 Å². The van der Waals surface area contributed by atoms with Crippen LogP contribution < -0.4 is 10.6 Å². The van der Waals surface area contributed by atoms with Gasteiger partial charge in [0.2, 0.25) is 0 Å². The highest BCUT2D eigenvalue weighted by atomic mass is 35.5. The Balaban J connectivity index is 0.00000312. The number of halogens is 5. The molecule has 2 aromatic rings. The Morgan fingerprint density at radius 2 is 2.00 bits per heavy atom. The first kappa shape index (κ1) is 24.7. The average Bonchev–Trinajstić information content (AvgIpc) is 3.02. The number of hydrogen-bond acceptors (Lipinski definition) is 4. The lowest BCUT2D eigenvalue weighted by Crippen LogP contribution is -2.38. The van der Waals surface area contributed by atoms with Crippen LogP contribution in [-0.2, 0) is 6.18 Å². The summed E-state index contributed by atoms with van der Waals surface area (Å²) in [6, 6.07) is 5.04. The minimum absolute atomic E-state index is 0. The second-order valence-electron chi connectivity index (χ2n) is 5.29. The van der Waals surface area contributed by atoms with Crippen molar-refractivity contribution in [3.05, 3.63) is 40.9 Å². The van der Waals surface area contributed by atoms with Crippen molar-refractivity contribution in [2.75, 3.05) is 13.1 Å². The second-order valence-corrected chi connectivity index (χ2v) is 6.14. The molecule has 0 saturated heterocycles. The van der Waals surface area contributed by atoms with Gasteiger partial charge in [0.15, 0.2) is 0 Å². The first-order chi connectivity index (χ1) is 11.3. The fourth-order valence-corrected chi connectivity index (χ4v) is 2.89. The van der Waals surface area contributed by atoms with Gasteiger partial charge in [-0.2, -0.15) is 13.2 Å². The van der Waals surface area contributed by atoms with Gasteiger partial charge in [0.1, 0.15) is 10.7 Å². The molecule has 0 aliphatic carbocycles. The van der Waals surface area contributed by atoms with Crippen LogP contribution in [0.4, 0.5) is 13.2 Å². The monoisotopic (exact) mass is 429 g/mol. The molecule has 4 nitrogen and oxygen atoms in total. The molecule has 0 spiro atoms. The lowest BCUT2D eigenvalue weighted by Gasteiger charge is -2.12. The van der Waals surface area contributed by atoms with Gasteiger partial charge < -0.3 is 10.6 Å².